The first-order chi connectivity index (χ1) is 7.27. The molecule has 3 nitrogen and oxygen atoms in total. The fourth-order valence-electron chi connectivity index (χ4n) is 1.45. The summed E-state index contributed by atoms with van der Waals surface area (Å²) in [5.41, 5.74) is 5.51. The number of halogens is 1. The van der Waals surface area contributed by atoms with Gasteiger partial charge in [-0.25, -0.2) is 4.98 Å². The second-order valence-corrected chi connectivity index (χ2v) is 3.90. The number of hydrogen-bond acceptors (Lipinski definition) is 3. The van der Waals surface area contributed by atoms with E-state index in [0.717, 1.165) is 31.7 Å². The number of anilines is 1. The average Bonchev–Trinajstić information content (AvgIpc) is 2.25. The molecule has 4 heteroatoms. The molecule has 15 heavy (non-hydrogen) atoms. The van der Waals surface area contributed by atoms with Crippen LogP contribution in [-0.2, 0) is 0 Å². The fourth-order valence-corrected chi connectivity index (χ4v) is 1.56. The molecule has 0 atom stereocenters. The van der Waals surface area contributed by atoms with Crippen molar-refractivity contribution in [3.8, 4) is 0 Å². The molecule has 1 heterocycles. The molecule has 0 radical (unpaired) electrons. The average molecular weight is 228 g/mol. The number of nitrogens with zero attached hydrogens (tertiary/aromatic N) is 2. The van der Waals surface area contributed by atoms with Crippen molar-refractivity contribution in [1.82, 2.24) is 4.98 Å². The second kappa shape index (κ2) is 6.64. The summed E-state index contributed by atoms with van der Waals surface area (Å²) in [4.78, 5) is 6.54. The molecule has 0 saturated carbocycles. The lowest BCUT2D eigenvalue weighted by Gasteiger charge is -2.22. The van der Waals surface area contributed by atoms with Gasteiger partial charge in [0.05, 0.1) is 5.02 Å². The van der Waals surface area contributed by atoms with E-state index in [9.17, 15) is 0 Å². The van der Waals surface area contributed by atoms with Gasteiger partial charge in [0, 0.05) is 19.3 Å². The molecule has 0 aromatic carbocycles. The highest BCUT2D eigenvalue weighted by atomic mass is 35.5. The lowest BCUT2D eigenvalue weighted by molar-refractivity contribution is 0.712. The van der Waals surface area contributed by atoms with Crippen LogP contribution in [0, 0.1) is 0 Å². The van der Waals surface area contributed by atoms with Crippen LogP contribution in [0.3, 0.4) is 0 Å². The minimum atomic E-state index is 0.675. The van der Waals surface area contributed by atoms with Crippen molar-refractivity contribution in [2.24, 2.45) is 5.73 Å². The molecular weight excluding hydrogens is 210 g/mol. The second-order valence-electron chi connectivity index (χ2n) is 3.46. The Morgan fingerprint density at radius 1 is 1.40 bits per heavy atom. The number of hydrogen-bond donors (Lipinski definition) is 1. The Hall–Kier alpha value is -0.800. The molecule has 1 aromatic heterocycles. The summed E-state index contributed by atoms with van der Waals surface area (Å²) in [7, 11) is 0. The van der Waals surface area contributed by atoms with Crippen LogP contribution in [-0.4, -0.2) is 24.6 Å². The van der Waals surface area contributed by atoms with Crippen LogP contribution in [0.5, 0.6) is 0 Å². The van der Waals surface area contributed by atoms with Crippen molar-refractivity contribution in [3.63, 3.8) is 0 Å². The Balaban J connectivity index is 2.65. The first kappa shape index (κ1) is 12.3. The first-order valence-electron chi connectivity index (χ1n) is 5.34. The van der Waals surface area contributed by atoms with E-state index in [2.05, 4.69) is 16.8 Å². The molecule has 0 spiro atoms. The predicted octanol–water partition coefficient (Wildman–Crippen LogP) is 2.30. The highest BCUT2D eigenvalue weighted by molar-refractivity contribution is 6.30. The van der Waals surface area contributed by atoms with E-state index in [1.807, 2.05) is 12.1 Å². The maximum absolute atomic E-state index is 5.80. The molecular formula is C11H18ClN3. The summed E-state index contributed by atoms with van der Waals surface area (Å²) in [6, 6.07) is 3.82. The predicted molar refractivity (Wildman–Crippen MR) is 65.4 cm³/mol. The lowest BCUT2D eigenvalue weighted by Crippen LogP contribution is -2.27. The van der Waals surface area contributed by atoms with E-state index in [0.29, 0.717) is 11.6 Å². The molecule has 0 fully saturated rings. The monoisotopic (exact) mass is 227 g/mol. The number of nitrogens with two attached hydrogens (primary N) is 1. The van der Waals surface area contributed by atoms with E-state index in [1.54, 1.807) is 6.20 Å². The highest BCUT2D eigenvalue weighted by Gasteiger charge is 2.05. The Morgan fingerprint density at radius 2 is 2.20 bits per heavy atom. The molecule has 2 N–H and O–H groups in total. The van der Waals surface area contributed by atoms with Crippen molar-refractivity contribution < 1.29 is 0 Å². The lowest BCUT2D eigenvalue weighted by atomic mass is 10.3. The van der Waals surface area contributed by atoms with Crippen molar-refractivity contribution in [2.75, 3.05) is 24.5 Å². The summed E-state index contributed by atoms with van der Waals surface area (Å²) in [6.45, 7) is 4.84. The van der Waals surface area contributed by atoms with Gasteiger partial charge in [0.1, 0.15) is 5.82 Å². The van der Waals surface area contributed by atoms with Crippen molar-refractivity contribution in [2.45, 2.75) is 19.8 Å². The third kappa shape index (κ3) is 4.06. The van der Waals surface area contributed by atoms with Gasteiger partial charge in [0.25, 0.3) is 0 Å². The van der Waals surface area contributed by atoms with Gasteiger partial charge in [-0.15, -0.1) is 0 Å². The van der Waals surface area contributed by atoms with Gasteiger partial charge in [0.2, 0.25) is 0 Å². The maximum Gasteiger partial charge on any atom is 0.128 e. The zero-order chi connectivity index (χ0) is 11.1. The Labute approximate surface area is 96.2 Å². The fraction of sp³-hybridized carbons (Fsp3) is 0.545. The summed E-state index contributed by atoms with van der Waals surface area (Å²) >= 11 is 5.80. The maximum atomic E-state index is 5.80. The van der Waals surface area contributed by atoms with Gasteiger partial charge in [0.15, 0.2) is 0 Å². The van der Waals surface area contributed by atoms with E-state index < -0.39 is 0 Å². The zero-order valence-corrected chi connectivity index (χ0v) is 9.87. The third-order valence-corrected chi connectivity index (χ3v) is 2.39. The highest BCUT2D eigenvalue weighted by Crippen LogP contribution is 2.14. The summed E-state index contributed by atoms with van der Waals surface area (Å²) in [6.07, 6.45) is 3.78. The molecule has 0 aliphatic heterocycles. The molecule has 0 bridgehead atoms. The quantitative estimate of drug-likeness (QED) is 0.811. The normalized spacial score (nSPS) is 10.3. The number of rotatable bonds is 6. The SMILES string of the molecule is CCCN(CCCN)c1ccc(Cl)cn1. The Bertz CT molecular complexity index is 274. The van der Waals surface area contributed by atoms with E-state index in [1.165, 1.54) is 0 Å². The van der Waals surface area contributed by atoms with Crippen LogP contribution in [0.2, 0.25) is 5.02 Å². The van der Waals surface area contributed by atoms with Crippen LogP contribution in [0.1, 0.15) is 19.8 Å². The van der Waals surface area contributed by atoms with Crippen LogP contribution in [0.15, 0.2) is 18.3 Å². The van der Waals surface area contributed by atoms with Gasteiger partial charge < -0.3 is 10.6 Å². The van der Waals surface area contributed by atoms with E-state index in [-0.39, 0.29) is 0 Å². The van der Waals surface area contributed by atoms with Crippen LogP contribution < -0.4 is 10.6 Å². The molecule has 0 aliphatic rings. The smallest absolute Gasteiger partial charge is 0.128 e. The number of aromatic nitrogens is 1. The van der Waals surface area contributed by atoms with Crippen LogP contribution in [0.25, 0.3) is 0 Å². The van der Waals surface area contributed by atoms with Crippen molar-refractivity contribution in [3.05, 3.63) is 23.4 Å². The van der Waals surface area contributed by atoms with E-state index >= 15 is 0 Å². The summed E-state index contributed by atoms with van der Waals surface area (Å²) in [5.74, 6) is 0.981. The molecule has 0 aliphatic carbocycles. The van der Waals surface area contributed by atoms with Crippen molar-refractivity contribution >= 4 is 17.4 Å². The third-order valence-electron chi connectivity index (χ3n) is 2.16. The van der Waals surface area contributed by atoms with E-state index in [4.69, 9.17) is 17.3 Å². The molecule has 1 aromatic rings. The molecule has 1 rings (SSSR count). The zero-order valence-electron chi connectivity index (χ0n) is 9.12. The minimum Gasteiger partial charge on any atom is -0.357 e. The molecule has 0 saturated heterocycles. The van der Waals surface area contributed by atoms with Crippen LogP contribution in [0.4, 0.5) is 5.82 Å². The Kier molecular flexibility index (Phi) is 5.43. The van der Waals surface area contributed by atoms with Crippen LogP contribution >= 0.6 is 11.6 Å². The van der Waals surface area contributed by atoms with Gasteiger partial charge in [-0.2, -0.15) is 0 Å². The summed E-state index contributed by atoms with van der Waals surface area (Å²) < 4.78 is 0. The largest absolute Gasteiger partial charge is 0.357 e. The molecule has 84 valence electrons. The van der Waals surface area contributed by atoms with Crippen molar-refractivity contribution in [1.29, 1.82) is 0 Å². The van der Waals surface area contributed by atoms with Gasteiger partial charge in [-0.3, -0.25) is 0 Å². The first-order valence-corrected chi connectivity index (χ1v) is 5.72. The van der Waals surface area contributed by atoms with Gasteiger partial charge in [-0.1, -0.05) is 18.5 Å². The number of pyridine rings is 1. The minimum absolute atomic E-state index is 0.675. The van der Waals surface area contributed by atoms with Gasteiger partial charge in [-0.05, 0) is 31.5 Å². The Morgan fingerprint density at radius 3 is 2.73 bits per heavy atom. The molecule has 0 unspecified atom stereocenters. The summed E-state index contributed by atoms with van der Waals surface area (Å²) in [5, 5.41) is 0.675. The molecule has 0 amide bonds. The topological polar surface area (TPSA) is 42.1 Å². The standard InChI is InChI=1S/C11H18ClN3/c1-2-7-15(8-3-6-13)11-5-4-10(12)9-14-11/h4-5,9H,2-3,6-8,13H2,1H3. The van der Waals surface area contributed by atoms with Gasteiger partial charge >= 0.3 is 0 Å².